The van der Waals surface area contributed by atoms with Gasteiger partial charge in [-0.1, -0.05) is 0 Å². The number of nitrogens with zero attached hydrogens (tertiary/aromatic N) is 2. The molecule has 0 aromatic carbocycles. The second-order valence-electron chi connectivity index (χ2n) is 2.42. The van der Waals surface area contributed by atoms with Gasteiger partial charge in [0.05, 0.1) is 6.20 Å². The molecular formula is C6H8N4O. The highest BCUT2D eigenvalue weighted by Crippen LogP contribution is 2.09. The number of nitrogens with one attached hydrogen (secondary N) is 1. The molecule has 5 nitrogen and oxygen atoms in total. The number of imidazole rings is 1. The third-order valence-electron chi connectivity index (χ3n) is 1.69. The van der Waals surface area contributed by atoms with Crippen LogP contribution in [0.25, 0.3) is 0 Å². The third kappa shape index (κ3) is 0.772. The van der Waals surface area contributed by atoms with E-state index in [1.807, 2.05) is 0 Å². The topological polar surface area (TPSA) is 72.9 Å². The van der Waals surface area contributed by atoms with Crippen molar-refractivity contribution in [2.75, 3.05) is 12.3 Å². The molecule has 0 radical (unpaired) electrons. The van der Waals surface area contributed by atoms with Gasteiger partial charge < -0.3 is 11.1 Å². The Morgan fingerprint density at radius 1 is 1.73 bits per heavy atom. The molecule has 0 unspecified atom stereocenters. The normalized spacial score (nSPS) is 15.8. The predicted octanol–water partition coefficient (Wildman–Crippen LogP) is -0.421. The van der Waals surface area contributed by atoms with Crippen molar-refractivity contribution in [2.24, 2.45) is 0 Å². The molecule has 0 saturated heterocycles. The maximum atomic E-state index is 11.1. The van der Waals surface area contributed by atoms with Crippen LogP contribution in [0.1, 0.15) is 5.82 Å². The van der Waals surface area contributed by atoms with Gasteiger partial charge in [-0.3, -0.25) is 0 Å². The highest BCUT2D eigenvalue weighted by molar-refractivity contribution is 5.81. The largest absolute Gasteiger partial charge is 0.383 e. The van der Waals surface area contributed by atoms with Crippen LogP contribution in [0.15, 0.2) is 6.20 Å². The van der Waals surface area contributed by atoms with Crippen LogP contribution in [0.4, 0.5) is 10.6 Å². The van der Waals surface area contributed by atoms with Crippen LogP contribution < -0.4 is 11.1 Å². The first-order valence-electron chi connectivity index (χ1n) is 3.39. The molecular weight excluding hydrogens is 144 g/mol. The van der Waals surface area contributed by atoms with Crippen molar-refractivity contribution in [3.63, 3.8) is 0 Å². The predicted molar refractivity (Wildman–Crippen MR) is 39.1 cm³/mol. The Kier molecular flexibility index (Phi) is 1.12. The van der Waals surface area contributed by atoms with Gasteiger partial charge >= 0.3 is 6.03 Å². The van der Waals surface area contributed by atoms with Crippen LogP contribution >= 0.6 is 0 Å². The summed E-state index contributed by atoms with van der Waals surface area (Å²) >= 11 is 0. The smallest absolute Gasteiger partial charge is 0.328 e. The SMILES string of the molecule is Nc1cnc2n1C(=O)NCC2. The summed E-state index contributed by atoms with van der Waals surface area (Å²) in [7, 11) is 0. The number of nitrogen functional groups attached to an aromatic ring is 1. The van der Waals surface area contributed by atoms with Gasteiger partial charge in [0.1, 0.15) is 11.6 Å². The van der Waals surface area contributed by atoms with Crippen molar-refractivity contribution < 1.29 is 4.79 Å². The summed E-state index contributed by atoms with van der Waals surface area (Å²) in [5, 5.41) is 2.67. The molecule has 1 aromatic rings. The summed E-state index contributed by atoms with van der Waals surface area (Å²) in [6.07, 6.45) is 2.25. The zero-order valence-corrected chi connectivity index (χ0v) is 5.87. The third-order valence-corrected chi connectivity index (χ3v) is 1.69. The standard InChI is InChI=1S/C6H8N4O/c7-4-3-9-5-1-2-8-6(11)10(4)5/h3H,1-2,7H2,(H,8,11). The van der Waals surface area contributed by atoms with E-state index in [2.05, 4.69) is 10.3 Å². The van der Waals surface area contributed by atoms with Crippen molar-refractivity contribution >= 4 is 11.8 Å². The maximum absolute atomic E-state index is 11.1. The lowest BCUT2D eigenvalue weighted by Gasteiger charge is -2.14. The monoisotopic (exact) mass is 152 g/mol. The van der Waals surface area contributed by atoms with E-state index in [1.165, 1.54) is 10.8 Å². The van der Waals surface area contributed by atoms with E-state index >= 15 is 0 Å². The first-order valence-corrected chi connectivity index (χ1v) is 3.39. The summed E-state index contributed by atoms with van der Waals surface area (Å²) in [4.78, 5) is 15.1. The Bertz CT molecular complexity index is 304. The van der Waals surface area contributed by atoms with Crippen LogP contribution in [0.3, 0.4) is 0 Å². The van der Waals surface area contributed by atoms with Gasteiger partial charge in [0, 0.05) is 13.0 Å². The second kappa shape index (κ2) is 1.98. The number of anilines is 1. The Balaban J connectivity index is 2.56. The zero-order chi connectivity index (χ0) is 7.84. The van der Waals surface area contributed by atoms with Crippen molar-refractivity contribution in [1.82, 2.24) is 14.9 Å². The van der Waals surface area contributed by atoms with Crippen molar-refractivity contribution in [1.29, 1.82) is 0 Å². The molecule has 0 saturated carbocycles. The van der Waals surface area contributed by atoms with E-state index in [9.17, 15) is 4.79 Å². The van der Waals surface area contributed by atoms with Gasteiger partial charge in [-0.2, -0.15) is 0 Å². The summed E-state index contributed by atoms with van der Waals surface area (Å²) in [5.74, 6) is 1.14. The lowest BCUT2D eigenvalue weighted by molar-refractivity contribution is 0.239. The fourth-order valence-electron chi connectivity index (χ4n) is 1.18. The number of carbonyl (C=O) groups excluding carboxylic acids is 1. The number of rotatable bonds is 0. The molecule has 0 aliphatic carbocycles. The van der Waals surface area contributed by atoms with Crippen molar-refractivity contribution in [3.05, 3.63) is 12.0 Å². The Labute approximate surface area is 63.2 Å². The first-order chi connectivity index (χ1) is 5.29. The molecule has 2 heterocycles. The summed E-state index contributed by atoms with van der Waals surface area (Å²) in [5.41, 5.74) is 5.49. The summed E-state index contributed by atoms with van der Waals surface area (Å²) < 4.78 is 1.39. The van der Waals surface area contributed by atoms with E-state index in [0.29, 0.717) is 12.4 Å². The molecule has 5 heteroatoms. The van der Waals surface area contributed by atoms with Crippen LogP contribution in [0, 0.1) is 0 Å². The van der Waals surface area contributed by atoms with Crippen molar-refractivity contribution in [3.8, 4) is 0 Å². The number of nitrogens with two attached hydrogens (primary N) is 1. The molecule has 1 aliphatic heterocycles. The minimum Gasteiger partial charge on any atom is -0.383 e. The van der Waals surface area contributed by atoms with Gasteiger partial charge in [-0.05, 0) is 0 Å². The summed E-state index contributed by atoms with van der Waals surface area (Å²) in [6, 6.07) is -0.179. The zero-order valence-electron chi connectivity index (χ0n) is 5.87. The van der Waals surface area contributed by atoms with E-state index in [0.717, 1.165) is 12.2 Å². The number of amides is 1. The number of carbonyl (C=O) groups is 1. The van der Waals surface area contributed by atoms with Gasteiger partial charge in [0.15, 0.2) is 0 Å². The molecule has 1 aliphatic rings. The van der Waals surface area contributed by atoms with Crippen LogP contribution in [-0.2, 0) is 6.42 Å². The molecule has 2 rings (SSSR count). The second-order valence-corrected chi connectivity index (χ2v) is 2.42. The lowest BCUT2D eigenvalue weighted by atomic mass is 10.3. The lowest BCUT2D eigenvalue weighted by Crippen LogP contribution is -2.37. The maximum Gasteiger partial charge on any atom is 0.328 e. The van der Waals surface area contributed by atoms with E-state index in [4.69, 9.17) is 5.73 Å². The highest BCUT2D eigenvalue weighted by atomic mass is 16.2. The van der Waals surface area contributed by atoms with Gasteiger partial charge in [-0.25, -0.2) is 14.3 Å². The number of hydrogen-bond donors (Lipinski definition) is 2. The van der Waals surface area contributed by atoms with Crippen LogP contribution in [-0.4, -0.2) is 22.1 Å². The number of fused-ring (bicyclic) bond motifs is 1. The molecule has 3 N–H and O–H groups in total. The average molecular weight is 152 g/mol. The fraction of sp³-hybridized carbons (Fsp3) is 0.333. The van der Waals surface area contributed by atoms with Gasteiger partial charge in [-0.15, -0.1) is 0 Å². The molecule has 1 amide bonds. The highest BCUT2D eigenvalue weighted by Gasteiger charge is 2.18. The minimum absolute atomic E-state index is 0.179. The first kappa shape index (κ1) is 6.21. The summed E-state index contributed by atoms with van der Waals surface area (Å²) in [6.45, 7) is 0.648. The van der Waals surface area contributed by atoms with Gasteiger partial charge in [0.2, 0.25) is 0 Å². The minimum atomic E-state index is -0.179. The van der Waals surface area contributed by atoms with Crippen molar-refractivity contribution in [2.45, 2.75) is 6.42 Å². The van der Waals surface area contributed by atoms with E-state index in [1.54, 1.807) is 0 Å². The Morgan fingerprint density at radius 2 is 2.55 bits per heavy atom. The molecule has 0 fully saturated rings. The average Bonchev–Trinajstić information content (AvgIpc) is 2.34. The molecule has 1 aromatic heterocycles. The number of aromatic nitrogens is 2. The quantitative estimate of drug-likeness (QED) is 0.530. The van der Waals surface area contributed by atoms with Gasteiger partial charge in [0.25, 0.3) is 0 Å². The van der Waals surface area contributed by atoms with Crippen LogP contribution in [0.5, 0.6) is 0 Å². The molecule has 0 atom stereocenters. The van der Waals surface area contributed by atoms with E-state index in [-0.39, 0.29) is 6.03 Å². The van der Waals surface area contributed by atoms with E-state index < -0.39 is 0 Å². The molecule has 0 spiro atoms. The Hall–Kier alpha value is -1.52. The Morgan fingerprint density at radius 3 is 3.27 bits per heavy atom. The molecule has 0 bridgehead atoms. The molecule has 58 valence electrons. The number of hydrogen-bond acceptors (Lipinski definition) is 3. The fourth-order valence-corrected chi connectivity index (χ4v) is 1.18. The van der Waals surface area contributed by atoms with Crippen LogP contribution in [0.2, 0.25) is 0 Å². The molecule has 11 heavy (non-hydrogen) atoms.